The highest BCUT2D eigenvalue weighted by atomic mass is 19.1. The molecule has 0 radical (unpaired) electrons. The summed E-state index contributed by atoms with van der Waals surface area (Å²) in [5, 5.41) is 0. The van der Waals surface area contributed by atoms with Crippen molar-refractivity contribution < 1.29 is 13.6 Å². The second-order valence-electron chi connectivity index (χ2n) is 7.19. The fraction of sp³-hybridized carbons (Fsp3) is 0.286. The summed E-state index contributed by atoms with van der Waals surface area (Å²) in [6.07, 6.45) is 3.96. The van der Waals surface area contributed by atoms with Crippen LogP contribution in [0.5, 0.6) is 0 Å². The highest BCUT2D eigenvalue weighted by Crippen LogP contribution is 2.46. The van der Waals surface area contributed by atoms with Crippen LogP contribution in [0.1, 0.15) is 30.0 Å². The molecule has 2 amide bonds. The molecular formula is C21H18F2N2O. The molecule has 3 nitrogen and oxygen atoms in total. The standard InChI is InChI=1S/C21H18F2N2O/c22-14-6-9-18(23)16(10-14)17-11-19(13-4-2-1-3-5-13)25-20(17)12-24(21(25)26)15-7-8-15/h1-6,9-11,15,19-20H,7-8,12H2/t19?,20-/m0/s1. The number of hydrogen-bond acceptors (Lipinski definition) is 1. The van der Waals surface area contributed by atoms with Crippen LogP contribution in [0.15, 0.2) is 54.6 Å². The number of carbonyl (C=O) groups is 1. The molecule has 0 spiro atoms. The van der Waals surface area contributed by atoms with E-state index in [-0.39, 0.29) is 23.7 Å². The van der Waals surface area contributed by atoms with Gasteiger partial charge in [-0.25, -0.2) is 13.6 Å². The first-order chi connectivity index (χ1) is 12.6. The molecule has 1 saturated heterocycles. The Morgan fingerprint density at radius 3 is 2.50 bits per heavy atom. The molecule has 2 aromatic rings. The van der Waals surface area contributed by atoms with Gasteiger partial charge in [0.05, 0.1) is 12.1 Å². The highest BCUT2D eigenvalue weighted by molar-refractivity contribution is 5.87. The van der Waals surface area contributed by atoms with Crippen LogP contribution >= 0.6 is 0 Å². The van der Waals surface area contributed by atoms with Crippen molar-refractivity contribution in [2.45, 2.75) is 31.0 Å². The number of halogens is 2. The molecule has 0 bridgehead atoms. The number of carbonyl (C=O) groups excluding carboxylic acids is 1. The van der Waals surface area contributed by atoms with E-state index in [4.69, 9.17) is 0 Å². The largest absolute Gasteiger partial charge is 0.321 e. The van der Waals surface area contributed by atoms with Crippen molar-refractivity contribution in [3.8, 4) is 0 Å². The Labute approximate surface area is 150 Å². The van der Waals surface area contributed by atoms with Gasteiger partial charge < -0.3 is 9.80 Å². The van der Waals surface area contributed by atoms with Gasteiger partial charge in [0.2, 0.25) is 0 Å². The van der Waals surface area contributed by atoms with Crippen LogP contribution in [0.2, 0.25) is 0 Å². The van der Waals surface area contributed by atoms with Crippen molar-refractivity contribution in [2.24, 2.45) is 0 Å². The zero-order valence-electron chi connectivity index (χ0n) is 14.1. The molecule has 0 aromatic heterocycles. The molecule has 5 rings (SSSR count). The fourth-order valence-electron chi connectivity index (χ4n) is 4.14. The van der Waals surface area contributed by atoms with Crippen molar-refractivity contribution in [2.75, 3.05) is 6.54 Å². The van der Waals surface area contributed by atoms with Crippen LogP contribution in [0.25, 0.3) is 5.57 Å². The zero-order chi connectivity index (χ0) is 17.8. The normalized spacial score (nSPS) is 24.8. The third-order valence-corrected chi connectivity index (χ3v) is 5.54. The minimum atomic E-state index is -0.472. The number of benzene rings is 2. The van der Waals surface area contributed by atoms with E-state index in [0.29, 0.717) is 18.2 Å². The number of fused-ring (bicyclic) bond motifs is 1. The van der Waals surface area contributed by atoms with Crippen LogP contribution in [0.3, 0.4) is 0 Å². The van der Waals surface area contributed by atoms with E-state index in [1.165, 1.54) is 6.07 Å². The van der Waals surface area contributed by atoms with Crippen LogP contribution in [-0.4, -0.2) is 34.5 Å². The zero-order valence-corrected chi connectivity index (χ0v) is 14.1. The lowest BCUT2D eigenvalue weighted by Crippen LogP contribution is -2.35. The first-order valence-electron chi connectivity index (χ1n) is 8.94. The molecular weight excluding hydrogens is 334 g/mol. The molecule has 26 heavy (non-hydrogen) atoms. The first kappa shape index (κ1) is 15.6. The van der Waals surface area contributed by atoms with Crippen molar-refractivity contribution >= 4 is 11.6 Å². The monoisotopic (exact) mass is 352 g/mol. The van der Waals surface area contributed by atoms with E-state index in [1.54, 1.807) is 0 Å². The van der Waals surface area contributed by atoms with Crippen molar-refractivity contribution in [3.63, 3.8) is 0 Å². The third kappa shape index (κ3) is 2.34. The molecule has 2 atom stereocenters. The molecule has 1 aliphatic carbocycles. The Bertz CT molecular complexity index is 907. The van der Waals surface area contributed by atoms with Gasteiger partial charge in [0.1, 0.15) is 11.6 Å². The van der Waals surface area contributed by atoms with E-state index in [0.717, 1.165) is 30.5 Å². The Balaban J connectivity index is 1.62. The summed E-state index contributed by atoms with van der Waals surface area (Å²) >= 11 is 0. The van der Waals surface area contributed by atoms with Gasteiger partial charge in [-0.15, -0.1) is 0 Å². The molecule has 132 valence electrons. The Kier molecular flexibility index (Phi) is 3.39. The van der Waals surface area contributed by atoms with Crippen LogP contribution in [0.4, 0.5) is 13.6 Å². The van der Waals surface area contributed by atoms with Gasteiger partial charge >= 0.3 is 6.03 Å². The molecule has 2 fully saturated rings. The first-order valence-corrected chi connectivity index (χ1v) is 8.94. The molecule has 2 heterocycles. The maximum absolute atomic E-state index is 14.4. The van der Waals surface area contributed by atoms with E-state index in [9.17, 15) is 13.6 Å². The van der Waals surface area contributed by atoms with Gasteiger partial charge in [0, 0.05) is 18.2 Å². The Morgan fingerprint density at radius 1 is 1.00 bits per heavy atom. The average Bonchev–Trinajstić information content (AvgIpc) is 3.34. The lowest BCUT2D eigenvalue weighted by atomic mass is 9.98. The number of hydrogen-bond donors (Lipinski definition) is 0. The number of urea groups is 1. The van der Waals surface area contributed by atoms with Gasteiger partial charge in [0.15, 0.2) is 0 Å². The van der Waals surface area contributed by atoms with Crippen LogP contribution in [0, 0.1) is 11.6 Å². The average molecular weight is 352 g/mol. The lowest BCUT2D eigenvalue weighted by Gasteiger charge is -2.25. The summed E-state index contributed by atoms with van der Waals surface area (Å²) in [7, 11) is 0. The van der Waals surface area contributed by atoms with Gasteiger partial charge in [-0.2, -0.15) is 0 Å². The molecule has 3 aliphatic rings. The molecule has 1 unspecified atom stereocenters. The number of amides is 2. The molecule has 0 N–H and O–H groups in total. The van der Waals surface area contributed by atoms with Gasteiger partial charge in [-0.05, 0) is 42.2 Å². The van der Waals surface area contributed by atoms with Gasteiger partial charge in [0.25, 0.3) is 0 Å². The topological polar surface area (TPSA) is 23.6 Å². The minimum absolute atomic E-state index is 0.00517. The number of rotatable bonds is 3. The molecule has 2 aromatic carbocycles. The minimum Gasteiger partial charge on any atom is -0.319 e. The van der Waals surface area contributed by atoms with E-state index in [2.05, 4.69) is 0 Å². The molecule has 5 heteroatoms. The highest BCUT2D eigenvalue weighted by Gasteiger charge is 2.51. The third-order valence-electron chi connectivity index (χ3n) is 5.54. The Morgan fingerprint density at radius 2 is 1.77 bits per heavy atom. The van der Waals surface area contributed by atoms with E-state index in [1.807, 2.05) is 46.2 Å². The van der Waals surface area contributed by atoms with E-state index < -0.39 is 11.6 Å². The van der Waals surface area contributed by atoms with E-state index >= 15 is 0 Å². The summed E-state index contributed by atoms with van der Waals surface area (Å²) in [5.41, 5.74) is 1.94. The SMILES string of the molecule is O=C1N(C2CC2)C[C@H]2C(c3cc(F)ccc3F)=CC(c3ccccc3)N12. The van der Waals surface area contributed by atoms with Crippen molar-refractivity contribution in [1.82, 2.24) is 9.80 Å². The van der Waals surface area contributed by atoms with Crippen molar-refractivity contribution in [1.29, 1.82) is 0 Å². The summed E-state index contributed by atoms with van der Waals surface area (Å²) in [4.78, 5) is 16.8. The summed E-state index contributed by atoms with van der Waals surface area (Å²) in [5.74, 6) is -0.927. The lowest BCUT2D eigenvalue weighted by molar-refractivity contribution is 0.182. The summed E-state index contributed by atoms with van der Waals surface area (Å²) < 4.78 is 28.2. The molecule has 2 aliphatic heterocycles. The van der Waals surface area contributed by atoms with Crippen LogP contribution < -0.4 is 0 Å². The second kappa shape index (κ2) is 5.66. The fourth-order valence-corrected chi connectivity index (χ4v) is 4.14. The van der Waals surface area contributed by atoms with Crippen LogP contribution in [-0.2, 0) is 0 Å². The quantitative estimate of drug-likeness (QED) is 0.805. The van der Waals surface area contributed by atoms with Crippen molar-refractivity contribution in [3.05, 3.63) is 77.4 Å². The summed E-state index contributed by atoms with van der Waals surface area (Å²) in [6, 6.07) is 13.0. The molecule has 1 saturated carbocycles. The summed E-state index contributed by atoms with van der Waals surface area (Å²) in [6.45, 7) is 0.536. The second-order valence-corrected chi connectivity index (χ2v) is 7.19. The Hall–Kier alpha value is -2.69. The maximum atomic E-state index is 14.4. The predicted molar refractivity (Wildman–Crippen MR) is 94.3 cm³/mol. The van der Waals surface area contributed by atoms with Gasteiger partial charge in [-0.3, -0.25) is 0 Å². The number of nitrogens with zero attached hydrogens (tertiary/aromatic N) is 2. The predicted octanol–water partition coefficient (Wildman–Crippen LogP) is 4.37. The maximum Gasteiger partial charge on any atom is 0.321 e. The smallest absolute Gasteiger partial charge is 0.319 e. The van der Waals surface area contributed by atoms with Gasteiger partial charge in [-0.1, -0.05) is 36.4 Å².